The molecule has 2 aromatic rings. The first-order valence-corrected chi connectivity index (χ1v) is 10.6. The van der Waals surface area contributed by atoms with Crippen LogP contribution in [-0.2, 0) is 17.9 Å². The summed E-state index contributed by atoms with van der Waals surface area (Å²) in [6.45, 7) is 6.32. The quantitative estimate of drug-likeness (QED) is 0.553. The number of rotatable bonds is 9. The van der Waals surface area contributed by atoms with E-state index in [1.54, 1.807) is 31.4 Å². The van der Waals surface area contributed by atoms with Crippen molar-refractivity contribution in [3.8, 4) is 11.5 Å². The minimum atomic E-state index is 0.225. The summed E-state index contributed by atoms with van der Waals surface area (Å²) in [5, 5.41) is 5.17. The van der Waals surface area contributed by atoms with Gasteiger partial charge in [0.2, 0.25) is 0 Å². The standard InChI is InChI=1S/C21H25Cl3N2O3/c1-27-20-11-15(13-25-5-6-26-7-9-28-10-8-26)19(24)12-21(20)29-14-16-17(22)3-2-4-18(16)23/h2-4,11-12,25H,5-10,13-14H2,1H3. The van der Waals surface area contributed by atoms with Crippen molar-refractivity contribution in [1.82, 2.24) is 10.2 Å². The third kappa shape index (κ3) is 6.38. The number of ether oxygens (including phenoxy) is 3. The van der Waals surface area contributed by atoms with E-state index in [-0.39, 0.29) is 6.61 Å². The van der Waals surface area contributed by atoms with E-state index >= 15 is 0 Å². The number of halogens is 3. The maximum Gasteiger partial charge on any atom is 0.163 e. The monoisotopic (exact) mass is 458 g/mol. The molecule has 0 bridgehead atoms. The predicted octanol–water partition coefficient (Wildman–Crippen LogP) is 4.66. The molecule has 0 unspecified atom stereocenters. The van der Waals surface area contributed by atoms with E-state index in [0.29, 0.717) is 33.1 Å². The maximum atomic E-state index is 6.48. The molecule has 1 fully saturated rings. The molecule has 1 N–H and O–H groups in total. The molecule has 29 heavy (non-hydrogen) atoms. The third-order valence-corrected chi connectivity index (χ3v) is 5.85. The number of methoxy groups -OCH3 is 1. The van der Waals surface area contributed by atoms with E-state index < -0.39 is 0 Å². The Bertz CT molecular complexity index is 794. The van der Waals surface area contributed by atoms with Crippen molar-refractivity contribution in [2.24, 2.45) is 0 Å². The van der Waals surface area contributed by atoms with Crippen molar-refractivity contribution < 1.29 is 14.2 Å². The van der Waals surface area contributed by atoms with Crippen LogP contribution >= 0.6 is 34.8 Å². The van der Waals surface area contributed by atoms with Gasteiger partial charge in [-0.2, -0.15) is 0 Å². The van der Waals surface area contributed by atoms with Crippen LogP contribution in [0.1, 0.15) is 11.1 Å². The Morgan fingerprint density at radius 1 is 1.03 bits per heavy atom. The highest BCUT2D eigenvalue weighted by Gasteiger charge is 2.14. The summed E-state index contributed by atoms with van der Waals surface area (Å²) in [5.41, 5.74) is 1.68. The Morgan fingerprint density at radius 2 is 1.76 bits per heavy atom. The van der Waals surface area contributed by atoms with Gasteiger partial charge in [0, 0.05) is 59.4 Å². The largest absolute Gasteiger partial charge is 0.493 e. The van der Waals surface area contributed by atoms with Crippen molar-refractivity contribution in [1.29, 1.82) is 0 Å². The van der Waals surface area contributed by atoms with Crippen LogP contribution in [0, 0.1) is 0 Å². The average molecular weight is 460 g/mol. The molecule has 0 amide bonds. The molecule has 1 saturated heterocycles. The summed E-state index contributed by atoms with van der Waals surface area (Å²) in [7, 11) is 1.61. The number of nitrogens with one attached hydrogen (secondary N) is 1. The summed E-state index contributed by atoms with van der Waals surface area (Å²) >= 11 is 18.9. The van der Waals surface area contributed by atoms with Crippen LogP contribution in [0.25, 0.3) is 0 Å². The fourth-order valence-corrected chi connectivity index (χ4v) is 3.82. The second-order valence-corrected chi connectivity index (χ2v) is 7.94. The van der Waals surface area contributed by atoms with E-state index in [9.17, 15) is 0 Å². The first-order valence-electron chi connectivity index (χ1n) is 9.51. The van der Waals surface area contributed by atoms with Gasteiger partial charge in [0.1, 0.15) is 6.61 Å². The number of hydrogen-bond acceptors (Lipinski definition) is 5. The lowest BCUT2D eigenvalue weighted by atomic mass is 10.2. The molecule has 8 heteroatoms. The highest BCUT2D eigenvalue weighted by Crippen LogP contribution is 2.35. The van der Waals surface area contributed by atoms with Gasteiger partial charge in [-0.15, -0.1) is 0 Å². The molecule has 0 atom stereocenters. The molecule has 158 valence electrons. The molecule has 0 spiro atoms. The highest BCUT2D eigenvalue weighted by atomic mass is 35.5. The van der Waals surface area contributed by atoms with Crippen LogP contribution in [0.3, 0.4) is 0 Å². The van der Waals surface area contributed by atoms with Crippen molar-refractivity contribution >= 4 is 34.8 Å². The lowest BCUT2D eigenvalue weighted by Crippen LogP contribution is -2.40. The Kier molecular flexibility index (Phi) is 8.72. The van der Waals surface area contributed by atoms with Gasteiger partial charge in [-0.05, 0) is 23.8 Å². The summed E-state index contributed by atoms with van der Waals surface area (Å²) in [6, 6.07) is 9.02. The van der Waals surface area contributed by atoms with E-state index in [1.165, 1.54) is 0 Å². The fourth-order valence-electron chi connectivity index (χ4n) is 3.09. The molecule has 0 radical (unpaired) electrons. The Hall–Kier alpha value is -1.21. The summed E-state index contributed by atoms with van der Waals surface area (Å²) in [4.78, 5) is 2.38. The normalized spacial score (nSPS) is 14.8. The van der Waals surface area contributed by atoms with Crippen LogP contribution in [0.15, 0.2) is 30.3 Å². The molecule has 1 aliphatic rings. The van der Waals surface area contributed by atoms with Crippen LogP contribution < -0.4 is 14.8 Å². The second-order valence-electron chi connectivity index (χ2n) is 6.71. The van der Waals surface area contributed by atoms with Gasteiger partial charge in [-0.25, -0.2) is 0 Å². The molecule has 0 aromatic heterocycles. The number of benzene rings is 2. The predicted molar refractivity (Wildman–Crippen MR) is 118 cm³/mol. The van der Waals surface area contributed by atoms with E-state index in [2.05, 4.69) is 10.2 Å². The van der Waals surface area contributed by atoms with E-state index in [0.717, 1.165) is 50.5 Å². The molecular formula is C21H25Cl3N2O3. The van der Waals surface area contributed by atoms with Crippen molar-refractivity contribution in [3.05, 3.63) is 56.5 Å². The van der Waals surface area contributed by atoms with Gasteiger partial charge in [0.15, 0.2) is 11.5 Å². The van der Waals surface area contributed by atoms with Crippen molar-refractivity contribution in [3.63, 3.8) is 0 Å². The highest BCUT2D eigenvalue weighted by molar-refractivity contribution is 6.36. The summed E-state index contributed by atoms with van der Waals surface area (Å²) < 4.78 is 16.8. The molecule has 5 nitrogen and oxygen atoms in total. The van der Waals surface area contributed by atoms with Gasteiger partial charge in [-0.1, -0.05) is 40.9 Å². The zero-order valence-corrected chi connectivity index (χ0v) is 18.6. The first-order chi connectivity index (χ1) is 14.1. The molecule has 1 heterocycles. The SMILES string of the molecule is COc1cc(CNCCN2CCOCC2)c(Cl)cc1OCc1c(Cl)cccc1Cl. The van der Waals surface area contributed by atoms with Crippen molar-refractivity contribution in [2.75, 3.05) is 46.5 Å². The fraction of sp³-hybridized carbons (Fsp3) is 0.429. The minimum absolute atomic E-state index is 0.225. The van der Waals surface area contributed by atoms with Gasteiger partial charge in [-0.3, -0.25) is 4.90 Å². The average Bonchev–Trinajstić information content (AvgIpc) is 2.72. The van der Waals surface area contributed by atoms with Crippen LogP contribution in [0.4, 0.5) is 0 Å². The molecular weight excluding hydrogens is 435 g/mol. The van der Waals surface area contributed by atoms with Crippen LogP contribution in [0.2, 0.25) is 15.1 Å². The number of nitrogens with zero attached hydrogens (tertiary/aromatic N) is 1. The lowest BCUT2D eigenvalue weighted by Gasteiger charge is -2.26. The van der Waals surface area contributed by atoms with Crippen LogP contribution in [-0.4, -0.2) is 51.4 Å². The minimum Gasteiger partial charge on any atom is -0.493 e. The third-order valence-electron chi connectivity index (χ3n) is 4.79. The topological polar surface area (TPSA) is 43.0 Å². The van der Waals surface area contributed by atoms with Gasteiger partial charge >= 0.3 is 0 Å². The number of hydrogen-bond donors (Lipinski definition) is 1. The Labute approximate surface area is 186 Å². The van der Waals surface area contributed by atoms with E-state index in [1.807, 2.05) is 6.07 Å². The lowest BCUT2D eigenvalue weighted by molar-refractivity contribution is 0.0384. The van der Waals surface area contributed by atoms with Gasteiger partial charge in [0.05, 0.1) is 20.3 Å². The maximum absolute atomic E-state index is 6.48. The summed E-state index contributed by atoms with van der Waals surface area (Å²) in [6.07, 6.45) is 0. The molecule has 2 aromatic carbocycles. The van der Waals surface area contributed by atoms with Gasteiger partial charge < -0.3 is 19.5 Å². The molecule has 0 aliphatic carbocycles. The Balaban J connectivity index is 1.58. The molecule has 0 saturated carbocycles. The first kappa shape index (κ1) is 22.5. The van der Waals surface area contributed by atoms with Crippen LogP contribution in [0.5, 0.6) is 11.5 Å². The smallest absolute Gasteiger partial charge is 0.163 e. The number of morpholine rings is 1. The van der Waals surface area contributed by atoms with E-state index in [4.69, 9.17) is 49.0 Å². The van der Waals surface area contributed by atoms with Crippen molar-refractivity contribution in [2.45, 2.75) is 13.2 Å². The molecule has 1 aliphatic heterocycles. The zero-order valence-electron chi connectivity index (χ0n) is 16.3. The van der Waals surface area contributed by atoms with Gasteiger partial charge in [0.25, 0.3) is 0 Å². The Morgan fingerprint density at radius 3 is 2.45 bits per heavy atom. The second kappa shape index (κ2) is 11.3. The zero-order chi connectivity index (χ0) is 20.6. The summed E-state index contributed by atoms with van der Waals surface area (Å²) in [5.74, 6) is 1.16. The molecule has 3 rings (SSSR count).